The molecule has 1 saturated heterocycles. The zero-order chi connectivity index (χ0) is 17.0. The molecule has 1 rings (SSSR count). The molecule has 0 bridgehead atoms. The van der Waals surface area contributed by atoms with Crippen LogP contribution in [0.4, 0.5) is 0 Å². The van der Waals surface area contributed by atoms with E-state index in [0.717, 1.165) is 12.8 Å². The molecule has 1 aliphatic rings. The second-order valence-electron chi connectivity index (χ2n) is 6.31. The first-order chi connectivity index (χ1) is 11.1. The van der Waals surface area contributed by atoms with E-state index in [1.54, 1.807) is 0 Å². The fraction of sp³-hybridized carbons (Fsp3) is 0.941. The lowest BCUT2D eigenvalue weighted by Crippen LogP contribution is -2.35. The number of esters is 1. The Labute approximate surface area is 141 Å². The molecule has 5 nitrogen and oxygen atoms in total. The highest BCUT2D eigenvalue weighted by Gasteiger charge is 2.37. The lowest BCUT2D eigenvalue weighted by atomic mass is 10.1. The van der Waals surface area contributed by atoms with Crippen LogP contribution in [0.25, 0.3) is 0 Å². The second kappa shape index (κ2) is 12.0. The van der Waals surface area contributed by atoms with Crippen molar-refractivity contribution in [1.29, 1.82) is 0 Å². The average molecular weight is 348 g/mol. The van der Waals surface area contributed by atoms with E-state index in [1.165, 1.54) is 58.5 Å². The maximum atomic E-state index is 12.3. The predicted octanol–water partition coefficient (Wildman–Crippen LogP) is 5.08. The summed E-state index contributed by atoms with van der Waals surface area (Å²) >= 11 is 0. The summed E-state index contributed by atoms with van der Waals surface area (Å²) in [5.41, 5.74) is 0. The van der Waals surface area contributed by atoms with E-state index in [1.807, 2.05) is 0 Å². The van der Waals surface area contributed by atoms with Crippen LogP contribution >= 0.6 is 7.60 Å². The van der Waals surface area contributed by atoms with Crippen molar-refractivity contribution < 1.29 is 23.1 Å². The first-order valence-corrected chi connectivity index (χ1v) is 10.8. The topological polar surface area (TPSA) is 61.8 Å². The molecule has 0 amide bonds. The Morgan fingerprint density at radius 3 is 2.04 bits per heavy atom. The summed E-state index contributed by atoms with van der Waals surface area (Å²) in [7, 11) is -1.71. The van der Waals surface area contributed by atoms with E-state index >= 15 is 0 Å². The van der Waals surface area contributed by atoms with Crippen LogP contribution in [0.3, 0.4) is 0 Å². The van der Waals surface area contributed by atoms with Gasteiger partial charge >= 0.3 is 13.6 Å². The Kier molecular flexibility index (Phi) is 10.8. The Morgan fingerprint density at radius 2 is 1.57 bits per heavy atom. The van der Waals surface area contributed by atoms with E-state index in [4.69, 9.17) is 13.8 Å². The third kappa shape index (κ3) is 9.49. The molecule has 1 heterocycles. The van der Waals surface area contributed by atoms with Crippen molar-refractivity contribution in [1.82, 2.24) is 0 Å². The fourth-order valence-electron chi connectivity index (χ4n) is 2.69. The van der Waals surface area contributed by atoms with E-state index in [2.05, 4.69) is 6.92 Å². The maximum absolute atomic E-state index is 12.3. The summed E-state index contributed by atoms with van der Waals surface area (Å²) in [6.07, 6.45) is 12.7. The average Bonchev–Trinajstić information content (AvgIpc) is 2.51. The quantitative estimate of drug-likeness (QED) is 0.235. The summed E-state index contributed by atoms with van der Waals surface area (Å²) < 4.78 is 27.6. The van der Waals surface area contributed by atoms with Crippen LogP contribution < -0.4 is 0 Å². The molecule has 2 unspecified atom stereocenters. The van der Waals surface area contributed by atoms with Gasteiger partial charge in [-0.25, -0.2) is 0 Å². The van der Waals surface area contributed by atoms with Crippen LogP contribution in [0.2, 0.25) is 0 Å². The largest absolute Gasteiger partial charge is 0.461 e. The monoisotopic (exact) mass is 348 g/mol. The molecule has 0 aromatic carbocycles. The molecule has 23 heavy (non-hydrogen) atoms. The summed E-state index contributed by atoms with van der Waals surface area (Å²) in [6.45, 7) is 2.69. The summed E-state index contributed by atoms with van der Waals surface area (Å²) in [5, 5.41) is 0. The number of ether oxygens (including phenoxy) is 1. The third-order valence-corrected chi connectivity index (χ3v) is 6.17. The molecule has 136 valence electrons. The highest BCUT2D eigenvalue weighted by molar-refractivity contribution is 7.53. The van der Waals surface area contributed by atoms with Crippen LogP contribution in [-0.2, 0) is 23.1 Å². The van der Waals surface area contributed by atoms with Crippen LogP contribution in [0.15, 0.2) is 0 Å². The van der Waals surface area contributed by atoms with Crippen LogP contribution in [0.1, 0.15) is 77.6 Å². The molecule has 1 fully saturated rings. The standard InChI is InChI=1S/C17H33O5P/c1-3-4-5-6-7-8-9-10-11-12-13-21-23(19,20-2)15-16-14-17(18)22-16/h16H,3-15H2,1-2H3. The van der Waals surface area contributed by atoms with Gasteiger partial charge in [-0.05, 0) is 6.42 Å². The lowest BCUT2D eigenvalue weighted by Gasteiger charge is -2.28. The Hall–Kier alpha value is -0.380. The maximum Gasteiger partial charge on any atom is 0.334 e. The number of rotatable bonds is 15. The van der Waals surface area contributed by atoms with Crippen LogP contribution in [-0.4, -0.2) is 32.0 Å². The molecule has 0 aromatic rings. The van der Waals surface area contributed by atoms with Crippen molar-refractivity contribution in [2.75, 3.05) is 19.9 Å². The number of hydrogen-bond acceptors (Lipinski definition) is 5. The molecule has 0 saturated carbocycles. The molecule has 0 aliphatic carbocycles. The van der Waals surface area contributed by atoms with Gasteiger partial charge in [0.15, 0.2) is 0 Å². The molecule has 0 spiro atoms. The van der Waals surface area contributed by atoms with Crippen molar-refractivity contribution in [2.45, 2.75) is 83.7 Å². The minimum atomic E-state index is -3.10. The van der Waals surface area contributed by atoms with Crippen molar-refractivity contribution in [3.8, 4) is 0 Å². The van der Waals surface area contributed by atoms with Gasteiger partial charge in [0.05, 0.1) is 19.2 Å². The Bertz CT molecular complexity index is 364. The summed E-state index contributed by atoms with van der Waals surface area (Å²) in [6, 6.07) is 0. The first-order valence-electron chi connectivity index (χ1n) is 9.08. The van der Waals surface area contributed by atoms with Gasteiger partial charge in [0, 0.05) is 7.11 Å². The number of carbonyl (C=O) groups excluding carboxylic acids is 1. The van der Waals surface area contributed by atoms with E-state index in [-0.39, 0.29) is 18.2 Å². The normalized spacial score (nSPS) is 19.9. The van der Waals surface area contributed by atoms with Crippen LogP contribution in [0.5, 0.6) is 0 Å². The number of unbranched alkanes of at least 4 members (excludes halogenated alkanes) is 9. The summed E-state index contributed by atoms with van der Waals surface area (Å²) in [5.74, 6) is -0.243. The van der Waals surface area contributed by atoms with E-state index < -0.39 is 7.60 Å². The first kappa shape index (κ1) is 20.7. The number of carbonyl (C=O) groups is 1. The van der Waals surface area contributed by atoms with E-state index in [0.29, 0.717) is 13.0 Å². The highest BCUT2D eigenvalue weighted by Crippen LogP contribution is 2.49. The molecule has 1 aliphatic heterocycles. The number of cyclic esters (lactones) is 1. The van der Waals surface area contributed by atoms with Crippen molar-refractivity contribution >= 4 is 13.6 Å². The SMILES string of the molecule is CCCCCCCCCCCCOP(=O)(CC1CC(=O)O1)OC. The predicted molar refractivity (Wildman–Crippen MR) is 91.8 cm³/mol. The van der Waals surface area contributed by atoms with Gasteiger partial charge in [0.25, 0.3) is 0 Å². The van der Waals surface area contributed by atoms with Crippen molar-refractivity contribution in [2.24, 2.45) is 0 Å². The smallest absolute Gasteiger partial charge is 0.334 e. The van der Waals surface area contributed by atoms with Gasteiger partial charge in [-0.3, -0.25) is 9.36 Å². The second-order valence-corrected chi connectivity index (χ2v) is 8.52. The molecule has 6 heteroatoms. The molecule has 0 N–H and O–H groups in total. The van der Waals surface area contributed by atoms with Gasteiger partial charge in [-0.2, -0.15) is 0 Å². The van der Waals surface area contributed by atoms with Gasteiger partial charge in [0.1, 0.15) is 6.10 Å². The van der Waals surface area contributed by atoms with Gasteiger partial charge in [-0.15, -0.1) is 0 Å². The highest BCUT2D eigenvalue weighted by atomic mass is 31.2. The molecule has 0 aromatic heterocycles. The zero-order valence-electron chi connectivity index (χ0n) is 14.8. The lowest BCUT2D eigenvalue weighted by molar-refractivity contribution is -0.167. The Balaban J connectivity index is 1.94. The van der Waals surface area contributed by atoms with Crippen molar-refractivity contribution in [3.05, 3.63) is 0 Å². The molecular weight excluding hydrogens is 315 g/mol. The third-order valence-electron chi connectivity index (χ3n) is 4.18. The minimum absolute atomic E-state index is 0.174. The number of hydrogen-bond donors (Lipinski definition) is 0. The molecule has 0 radical (unpaired) electrons. The molecule has 2 atom stereocenters. The van der Waals surface area contributed by atoms with Gasteiger partial charge < -0.3 is 13.8 Å². The Morgan fingerprint density at radius 1 is 1.04 bits per heavy atom. The summed E-state index contributed by atoms with van der Waals surface area (Å²) in [4.78, 5) is 10.7. The minimum Gasteiger partial charge on any atom is -0.461 e. The van der Waals surface area contributed by atoms with Crippen LogP contribution in [0, 0.1) is 0 Å². The van der Waals surface area contributed by atoms with Gasteiger partial charge in [0.2, 0.25) is 0 Å². The van der Waals surface area contributed by atoms with E-state index in [9.17, 15) is 9.36 Å². The fourth-order valence-corrected chi connectivity index (χ4v) is 4.16. The van der Waals surface area contributed by atoms with Crippen molar-refractivity contribution in [3.63, 3.8) is 0 Å². The molecular formula is C17H33O5P. The van der Waals surface area contributed by atoms with Gasteiger partial charge in [-0.1, -0.05) is 64.7 Å². The zero-order valence-corrected chi connectivity index (χ0v) is 15.7.